The first kappa shape index (κ1) is 11.1. The number of rotatable bonds is 3. The highest BCUT2D eigenvalue weighted by molar-refractivity contribution is 6.32. The average Bonchev–Trinajstić information content (AvgIpc) is 2.18. The number of aromatic hydroxyl groups is 2. The fourth-order valence-corrected chi connectivity index (χ4v) is 1.35. The van der Waals surface area contributed by atoms with E-state index in [2.05, 4.69) is 0 Å². The number of hydrogen-bond acceptors (Lipinski definition) is 3. The Kier molecular flexibility index (Phi) is 3.55. The van der Waals surface area contributed by atoms with Gasteiger partial charge in [0.2, 0.25) is 5.82 Å². The Hall–Kier alpha value is -1.00. The van der Waals surface area contributed by atoms with Gasteiger partial charge in [-0.3, -0.25) is 0 Å². The van der Waals surface area contributed by atoms with E-state index >= 15 is 0 Å². The number of phenolic OH excluding ortho intramolecular Hbond substituents is 2. The van der Waals surface area contributed by atoms with Gasteiger partial charge in [0, 0.05) is 0 Å². The molecule has 1 rings (SSSR count). The molecule has 1 aromatic rings. The lowest BCUT2D eigenvalue weighted by atomic mass is 10.1. The molecule has 0 aliphatic heterocycles. The molecule has 0 bridgehead atoms. The average molecular weight is 220 g/mol. The summed E-state index contributed by atoms with van der Waals surface area (Å²) in [6.07, 6.45) is 1.05. The zero-order valence-electron chi connectivity index (χ0n) is 7.43. The van der Waals surface area contributed by atoms with Gasteiger partial charge in [-0.2, -0.15) is 4.39 Å². The molecule has 0 atom stereocenters. The van der Waals surface area contributed by atoms with Gasteiger partial charge in [-0.25, -0.2) is 0 Å². The first-order chi connectivity index (χ1) is 6.57. The molecule has 0 amide bonds. The minimum Gasteiger partial charge on any atom is -0.505 e. The van der Waals surface area contributed by atoms with Gasteiger partial charge in [-0.1, -0.05) is 11.6 Å². The second-order valence-corrected chi connectivity index (χ2v) is 3.33. The minimum atomic E-state index is -1.08. The maximum Gasteiger partial charge on any atom is 0.208 e. The van der Waals surface area contributed by atoms with Crippen LogP contribution in [-0.2, 0) is 6.42 Å². The molecule has 0 heterocycles. The van der Waals surface area contributed by atoms with E-state index in [0.29, 0.717) is 24.9 Å². The normalized spacial score (nSPS) is 10.5. The largest absolute Gasteiger partial charge is 0.505 e. The van der Waals surface area contributed by atoms with Crippen LogP contribution in [0.3, 0.4) is 0 Å². The van der Waals surface area contributed by atoms with Crippen molar-refractivity contribution in [2.45, 2.75) is 12.8 Å². The van der Waals surface area contributed by atoms with E-state index in [1.54, 1.807) is 0 Å². The van der Waals surface area contributed by atoms with Gasteiger partial charge in [0.15, 0.2) is 11.5 Å². The molecular weight excluding hydrogens is 209 g/mol. The zero-order chi connectivity index (χ0) is 10.7. The molecule has 0 saturated heterocycles. The predicted octanol–water partition coefficient (Wildman–Crippen LogP) is 1.78. The van der Waals surface area contributed by atoms with Crippen LogP contribution in [0.5, 0.6) is 11.5 Å². The Morgan fingerprint density at radius 1 is 1.36 bits per heavy atom. The minimum absolute atomic E-state index is 0.104. The highest BCUT2D eigenvalue weighted by Crippen LogP contribution is 2.35. The van der Waals surface area contributed by atoms with Crippen LogP contribution in [0.1, 0.15) is 12.0 Å². The summed E-state index contributed by atoms with van der Waals surface area (Å²) in [6, 6.07) is 1.34. The molecule has 1 aromatic carbocycles. The molecule has 78 valence electrons. The van der Waals surface area contributed by atoms with Crippen molar-refractivity contribution < 1.29 is 14.6 Å². The van der Waals surface area contributed by atoms with Crippen LogP contribution >= 0.6 is 11.6 Å². The van der Waals surface area contributed by atoms with Gasteiger partial charge < -0.3 is 15.9 Å². The maximum atomic E-state index is 13.1. The Morgan fingerprint density at radius 2 is 2.00 bits per heavy atom. The van der Waals surface area contributed by atoms with Crippen molar-refractivity contribution in [1.82, 2.24) is 0 Å². The Labute approximate surface area is 85.9 Å². The van der Waals surface area contributed by atoms with Crippen LogP contribution in [0.4, 0.5) is 4.39 Å². The molecule has 0 unspecified atom stereocenters. The number of benzene rings is 1. The van der Waals surface area contributed by atoms with Crippen molar-refractivity contribution in [2.75, 3.05) is 6.54 Å². The SMILES string of the molecule is NCCCc1cc(Cl)c(O)c(F)c1O. The molecule has 0 aromatic heterocycles. The smallest absolute Gasteiger partial charge is 0.208 e. The van der Waals surface area contributed by atoms with E-state index in [9.17, 15) is 9.50 Å². The van der Waals surface area contributed by atoms with Crippen molar-refractivity contribution in [3.05, 3.63) is 22.5 Å². The van der Waals surface area contributed by atoms with Crippen LogP contribution in [0.25, 0.3) is 0 Å². The summed E-state index contributed by atoms with van der Waals surface area (Å²) >= 11 is 5.54. The van der Waals surface area contributed by atoms with Crippen LogP contribution in [0, 0.1) is 5.82 Å². The van der Waals surface area contributed by atoms with Gasteiger partial charge in [0.1, 0.15) is 0 Å². The number of aryl methyl sites for hydroxylation is 1. The summed E-state index contributed by atoms with van der Waals surface area (Å²) in [4.78, 5) is 0. The molecule has 0 aliphatic carbocycles. The lowest BCUT2D eigenvalue weighted by Gasteiger charge is -2.07. The number of nitrogens with two attached hydrogens (primary N) is 1. The number of phenols is 2. The molecule has 0 spiro atoms. The van der Waals surface area contributed by atoms with Crippen molar-refractivity contribution in [3.63, 3.8) is 0 Å². The lowest BCUT2D eigenvalue weighted by molar-refractivity contribution is 0.385. The summed E-state index contributed by atoms with van der Waals surface area (Å²) in [5, 5.41) is 18.2. The standard InChI is InChI=1S/C9H11ClFNO2/c10-6-4-5(2-1-3-12)8(13)7(11)9(6)14/h4,13-14H,1-3,12H2. The van der Waals surface area contributed by atoms with Crippen molar-refractivity contribution in [3.8, 4) is 11.5 Å². The molecular formula is C9H11ClFNO2. The predicted molar refractivity (Wildman–Crippen MR) is 52.1 cm³/mol. The highest BCUT2D eigenvalue weighted by atomic mass is 35.5. The molecule has 0 saturated carbocycles. The fourth-order valence-electron chi connectivity index (χ4n) is 1.13. The van der Waals surface area contributed by atoms with E-state index < -0.39 is 17.3 Å². The molecule has 0 fully saturated rings. The van der Waals surface area contributed by atoms with E-state index in [-0.39, 0.29) is 5.02 Å². The van der Waals surface area contributed by atoms with Gasteiger partial charge in [-0.15, -0.1) is 0 Å². The van der Waals surface area contributed by atoms with E-state index in [4.69, 9.17) is 22.4 Å². The van der Waals surface area contributed by atoms with Crippen molar-refractivity contribution in [1.29, 1.82) is 0 Å². The number of hydrogen-bond donors (Lipinski definition) is 3. The summed E-state index contributed by atoms with van der Waals surface area (Å²) in [5.41, 5.74) is 5.63. The zero-order valence-corrected chi connectivity index (χ0v) is 8.18. The van der Waals surface area contributed by atoms with Gasteiger partial charge in [0.25, 0.3) is 0 Å². The summed E-state index contributed by atoms with van der Waals surface area (Å²) < 4.78 is 13.1. The molecule has 3 nitrogen and oxygen atoms in total. The molecule has 0 radical (unpaired) electrons. The van der Waals surface area contributed by atoms with Crippen LogP contribution in [-0.4, -0.2) is 16.8 Å². The third kappa shape index (κ3) is 2.08. The molecule has 5 heteroatoms. The van der Waals surface area contributed by atoms with Gasteiger partial charge in [-0.05, 0) is 31.0 Å². The first-order valence-corrected chi connectivity index (χ1v) is 4.54. The second-order valence-electron chi connectivity index (χ2n) is 2.92. The maximum absolute atomic E-state index is 13.1. The Morgan fingerprint density at radius 3 is 2.57 bits per heavy atom. The third-order valence-electron chi connectivity index (χ3n) is 1.90. The first-order valence-electron chi connectivity index (χ1n) is 4.16. The monoisotopic (exact) mass is 219 g/mol. The van der Waals surface area contributed by atoms with Crippen LogP contribution in [0.15, 0.2) is 6.07 Å². The highest BCUT2D eigenvalue weighted by Gasteiger charge is 2.15. The summed E-state index contributed by atoms with van der Waals surface area (Å²) in [7, 11) is 0. The molecule has 14 heavy (non-hydrogen) atoms. The Balaban J connectivity index is 3.06. The summed E-state index contributed by atoms with van der Waals surface area (Å²) in [5.74, 6) is -2.36. The Bertz CT molecular complexity index is 344. The van der Waals surface area contributed by atoms with E-state index in [1.807, 2.05) is 0 Å². The van der Waals surface area contributed by atoms with Crippen LogP contribution < -0.4 is 5.73 Å². The van der Waals surface area contributed by atoms with Gasteiger partial charge >= 0.3 is 0 Å². The quantitative estimate of drug-likeness (QED) is 0.726. The second kappa shape index (κ2) is 4.48. The van der Waals surface area contributed by atoms with E-state index in [1.165, 1.54) is 6.07 Å². The molecule has 4 N–H and O–H groups in total. The lowest BCUT2D eigenvalue weighted by Crippen LogP contribution is -2.01. The molecule has 0 aliphatic rings. The van der Waals surface area contributed by atoms with Crippen LogP contribution in [0.2, 0.25) is 5.02 Å². The number of halogens is 2. The van der Waals surface area contributed by atoms with Gasteiger partial charge in [0.05, 0.1) is 5.02 Å². The fraction of sp³-hybridized carbons (Fsp3) is 0.333. The summed E-state index contributed by atoms with van der Waals surface area (Å²) in [6.45, 7) is 0.444. The topological polar surface area (TPSA) is 66.5 Å². The third-order valence-corrected chi connectivity index (χ3v) is 2.19. The van der Waals surface area contributed by atoms with E-state index in [0.717, 1.165) is 0 Å². The van der Waals surface area contributed by atoms with Crippen molar-refractivity contribution in [2.24, 2.45) is 5.73 Å². The van der Waals surface area contributed by atoms with Crippen molar-refractivity contribution >= 4 is 11.6 Å².